The van der Waals surface area contributed by atoms with E-state index in [1.807, 2.05) is 31.2 Å². The number of hydrogen-bond donors (Lipinski definition) is 1. The van der Waals surface area contributed by atoms with Crippen LogP contribution in [0.15, 0.2) is 24.3 Å². The van der Waals surface area contributed by atoms with E-state index in [2.05, 4.69) is 0 Å². The second kappa shape index (κ2) is 5.38. The number of nitrogens with two attached hydrogens (primary N) is 1. The van der Waals surface area contributed by atoms with Crippen molar-refractivity contribution in [1.82, 2.24) is 0 Å². The Hall–Kier alpha value is -1.26. The average Bonchev–Trinajstić information content (AvgIpc) is 2.36. The molecule has 1 fully saturated rings. The summed E-state index contributed by atoms with van der Waals surface area (Å²) in [6.45, 7) is 2.62. The molecular weight excluding hydrogens is 218 g/mol. The van der Waals surface area contributed by atoms with Gasteiger partial charge in [0.15, 0.2) is 11.5 Å². The number of ether oxygens (including phenoxy) is 3. The third-order valence-corrected chi connectivity index (χ3v) is 3.00. The monoisotopic (exact) mass is 237 g/mol. The first-order valence-corrected chi connectivity index (χ1v) is 5.93. The number of hydrogen-bond acceptors (Lipinski definition) is 4. The summed E-state index contributed by atoms with van der Waals surface area (Å²) in [4.78, 5) is 0. The molecule has 0 amide bonds. The van der Waals surface area contributed by atoms with E-state index >= 15 is 0 Å². The molecule has 0 bridgehead atoms. The molecule has 1 aliphatic rings. The molecule has 2 rings (SSSR count). The summed E-state index contributed by atoms with van der Waals surface area (Å²) in [6.07, 6.45) is 0.842. The molecule has 1 aromatic rings. The van der Waals surface area contributed by atoms with Gasteiger partial charge in [-0.1, -0.05) is 12.1 Å². The van der Waals surface area contributed by atoms with Gasteiger partial charge in [0.25, 0.3) is 0 Å². The Morgan fingerprint density at radius 3 is 2.59 bits per heavy atom. The van der Waals surface area contributed by atoms with Crippen molar-refractivity contribution in [2.24, 2.45) is 5.73 Å². The molecule has 0 aromatic heterocycles. The first kappa shape index (κ1) is 12.2. The second-order valence-electron chi connectivity index (χ2n) is 4.13. The van der Waals surface area contributed by atoms with Crippen LogP contribution in [0.5, 0.6) is 11.5 Å². The molecule has 0 spiro atoms. The largest absolute Gasteiger partial charge is 0.493 e. The van der Waals surface area contributed by atoms with Gasteiger partial charge in [-0.15, -0.1) is 0 Å². The van der Waals surface area contributed by atoms with E-state index in [1.54, 1.807) is 7.11 Å². The van der Waals surface area contributed by atoms with Crippen molar-refractivity contribution in [2.45, 2.75) is 31.6 Å². The van der Waals surface area contributed by atoms with Crippen molar-refractivity contribution in [3.8, 4) is 11.5 Å². The zero-order valence-electron chi connectivity index (χ0n) is 10.3. The van der Waals surface area contributed by atoms with Gasteiger partial charge >= 0.3 is 0 Å². The van der Waals surface area contributed by atoms with E-state index in [-0.39, 0.29) is 18.2 Å². The van der Waals surface area contributed by atoms with Crippen LogP contribution in [-0.4, -0.2) is 32.0 Å². The van der Waals surface area contributed by atoms with Crippen LogP contribution in [0, 0.1) is 0 Å². The highest BCUT2D eigenvalue weighted by atomic mass is 16.6. The molecule has 94 valence electrons. The van der Waals surface area contributed by atoms with Crippen LogP contribution < -0.4 is 15.2 Å². The molecule has 1 aromatic carbocycles. The minimum absolute atomic E-state index is 0.00934. The van der Waals surface area contributed by atoms with Gasteiger partial charge in [-0.05, 0) is 19.1 Å². The Kier molecular flexibility index (Phi) is 3.86. The van der Waals surface area contributed by atoms with Gasteiger partial charge < -0.3 is 19.9 Å². The summed E-state index contributed by atoms with van der Waals surface area (Å²) in [5, 5.41) is 0. The maximum atomic E-state index is 5.89. The highest BCUT2D eigenvalue weighted by Crippen LogP contribution is 2.32. The third kappa shape index (κ3) is 2.53. The molecule has 4 nitrogen and oxygen atoms in total. The van der Waals surface area contributed by atoms with Crippen molar-refractivity contribution < 1.29 is 14.2 Å². The molecule has 0 radical (unpaired) electrons. The Morgan fingerprint density at radius 2 is 2.00 bits per heavy atom. The topological polar surface area (TPSA) is 53.7 Å². The standard InChI is InChI=1S/C13H19NO3/c1-3-16-13-9(14)8-12(13)17-11-7-5-4-6-10(11)15-2/h4-7,9,12-13H,3,8,14H2,1-2H3. The fourth-order valence-corrected chi connectivity index (χ4v) is 2.03. The second-order valence-corrected chi connectivity index (χ2v) is 4.13. The van der Waals surface area contributed by atoms with Crippen molar-refractivity contribution in [3.05, 3.63) is 24.3 Å². The van der Waals surface area contributed by atoms with Gasteiger partial charge in [-0.2, -0.15) is 0 Å². The molecule has 2 N–H and O–H groups in total. The van der Waals surface area contributed by atoms with Gasteiger partial charge in [-0.25, -0.2) is 0 Å². The third-order valence-electron chi connectivity index (χ3n) is 3.00. The Bertz CT molecular complexity index is 369. The molecule has 3 unspecified atom stereocenters. The summed E-state index contributed by atoms with van der Waals surface area (Å²) in [7, 11) is 1.63. The lowest BCUT2D eigenvalue weighted by atomic mass is 9.86. The maximum absolute atomic E-state index is 5.89. The number of methoxy groups -OCH3 is 1. The van der Waals surface area contributed by atoms with Gasteiger partial charge in [0.1, 0.15) is 12.2 Å². The quantitative estimate of drug-likeness (QED) is 0.844. The Labute approximate surface area is 102 Å². The molecule has 0 aliphatic heterocycles. The molecular formula is C13H19NO3. The van der Waals surface area contributed by atoms with Gasteiger partial charge in [0.2, 0.25) is 0 Å². The van der Waals surface area contributed by atoms with Crippen LogP contribution in [0.4, 0.5) is 0 Å². The Balaban J connectivity index is 2.01. The predicted octanol–water partition coefficient (Wildman–Crippen LogP) is 1.58. The zero-order chi connectivity index (χ0) is 12.3. The lowest BCUT2D eigenvalue weighted by Gasteiger charge is -2.41. The van der Waals surface area contributed by atoms with Crippen LogP contribution in [0.3, 0.4) is 0 Å². The van der Waals surface area contributed by atoms with Crippen molar-refractivity contribution >= 4 is 0 Å². The van der Waals surface area contributed by atoms with Gasteiger partial charge in [-0.3, -0.25) is 0 Å². The lowest BCUT2D eigenvalue weighted by molar-refractivity contribution is -0.0950. The van der Waals surface area contributed by atoms with Crippen LogP contribution >= 0.6 is 0 Å². The van der Waals surface area contributed by atoms with Crippen molar-refractivity contribution in [2.75, 3.05) is 13.7 Å². The number of benzene rings is 1. The first-order valence-electron chi connectivity index (χ1n) is 5.93. The SMILES string of the molecule is CCOC1C(N)CC1Oc1ccccc1OC. The highest BCUT2D eigenvalue weighted by molar-refractivity contribution is 5.39. The van der Waals surface area contributed by atoms with Crippen LogP contribution in [0.2, 0.25) is 0 Å². The van der Waals surface area contributed by atoms with Crippen molar-refractivity contribution in [1.29, 1.82) is 0 Å². The molecule has 3 atom stereocenters. The van der Waals surface area contributed by atoms with Crippen LogP contribution in [-0.2, 0) is 4.74 Å². The molecule has 0 saturated heterocycles. The number of para-hydroxylation sites is 2. The summed E-state index contributed by atoms with van der Waals surface area (Å²) < 4.78 is 16.7. The van der Waals surface area contributed by atoms with Crippen molar-refractivity contribution in [3.63, 3.8) is 0 Å². The maximum Gasteiger partial charge on any atom is 0.161 e. The fourth-order valence-electron chi connectivity index (χ4n) is 2.03. The fraction of sp³-hybridized carbons (Fsp3) is 0.538. The van der Waals surface area contributed by atoms with E-state index in [1.165, 1.54) is 0 Å². The minimum atomic E-state index is -0.00934. The van der Waals surface area contributed by atoms with Gasteiger partial charge in [0.05, 0.1) is 7.11 Å². The summed E-state index contributed by atoms with van der Waals surface area (Å²) in [5.74, 6) is 1.49. The number of rotatable bonds is 5. The molecule has 0 heterocycles. The lowest BCUT2D eigenvalue weighted by Crippen LogP contribution is -2.59. The first-order chi connectivity index (χ1) is 8.26. The van der Waals surface area contributed by atoms with Gasteiger partial charge in [0, 0.05) is 19.1 Å². The predicted molar refractivity (Wildman–Crippen MR) is 65.4 cm³/mol. The molecule has 17 heavy (non-hydrogen) atoms. The smallest absolute Gasteiger partial charge is 0.161 e. The molecule has 1 saturated carbocycles. The minimum Gasteiger partial charge on any atom is -0.493 e. The van der Waals surface area contributed by atoms with E-state index < -0.39 is 0 Å². The average molecular weight is 237 g/mol. The van der Waals surface area contributed by atoms with E-state index in [0.717, 1.165) is 17.9 Å². The van der Waals surface area contributed by atoms with Crippen LogP contribution in [0.25, 0.3) is 0 Å². The molecule has 4 heteroatoms. The Morgan fingerprint density at radius 1 is 1.29 bits per heavy atom. The zero-order valence-corrected chi connectivity index (χ0v) is 10.3. The summed E-state index contributed by atoms with van der Waals surface area (Å²) in [6, 6.07) is 7.69. The highest BCUT2D eigenvalue weighted by Gasteiger charge is 2.41. The van der Waals surface area contributed by atoms with E-state index in [0.29, 0.717) is 6.61 Å². The normalized spacial score (nSPS) is 27.4. The van der Waals surface area contributed by atoms with E-state index in [9.17, 15) is 0 Å². The van der Waals surface area contributed by atoms with Crippen LogP contribution in [0.1, 0.15) is 13.3 Å². The molecule has 1 aliphatic carbocycles. The van der Waals surface area contributed by atoms with E-state index in [4.69, 9.17) is 19.9 Å². The summed E-state index contributed by atoms with van der Waals surface area (Å²) >= 11 is 0. The summed E-state index contributed by atoms with van der Waals surface area (Å²) in [5.41, 5.74) is 5.89.